The Morgan fingerprint density at radius 2 is 2.20 bits per heavy atom. The number of hydrogen-bond acceptors (Lipinski definition) is 4. The minimum atomic E-state index is -0.928. The van der Waals surface area contributed by atoms with Crippen LogP contribution in [-0.4, -0.2) is 33.6 Å². The summed E-state index contributed by atoms with van der Waals surface area (Å²) in [7, 11) is 0. The van der Waals surface area contributed by atoms with E-state index < -0.39 is 5.97 Å². The zero-order valence-corrected chi connectivity index (χ0v) is 12.4. The molecular weight excluding hydrogens is 272 g/mol. The smallest absolute Gasteiger partial charge is 0.336 e. The summed E-state index contributed by atoms with van der Waals surface area (Å²) < 4.78 is 0. The van der Waals surface area contributed by atoms with Crippen molar-refractivity contribution in [1.82, 2.24) is 4.98 Å². The molecule has 20 heavy (non-hydrogen) atoms. The largest absolute Gasteiger partial charge is 0.478 e. The van der Waals surface area contributed by atoms with Gasteiger partial charge in [0.2, 0.25) is 0 Å². The molecular formula is C15H18N2O2S. The first-order chi connectivity index (χ1) is 9.61. The number of nitrogens with zero attached hydrogens (tertiary/aromatic N) is 1. The van der Waals surface area contributed by atoms with Crippen LogP contribution in [0.15, 0.2) is 30.3 Å². The minimum Gasteiger partial charge on any atom is -0.478 e. The molecule has 0 spiro atoms. The lowest BCUT2D eigenvalue weighted by molar-refractivity contribution is 0.0699. The Bertz CT molecular complexity index is 616. The van der Waals surface area contributed by atoms with Crippen LogP contribution in [-0.2, 0) is 0 Å². The predicted molar refractivity (Wildman–Crippen MR) is 84.8 cm³/mol. The second-order valence-electron chi connectivity index (χ2n) is 4.58. The summed E-state index contributed by atoms with van der Waals surface area (Å²) >= 11 is 1.84. The van der Waals surface area contributed by atoms with E-state index in [9.17, 15) is 9.90 Å². The van der Waals surface area contributed by atoms with Gasteiger partial charge >= 0.3 is 5.97 Å². The topological polar surface area (TPSA) is 62.2 Å². The molecule has 106 valence electrons. The third-order valence-corrected chi connectivity index (χ3v) is 4.06. The van der Waals surface area contributed by atoms with E-state index in [0.29, 0.717) is 16.7 Å². The Morgan fingerprint density at radius 3 is 2.90 bits per heavy atom. The number of fused-ring (bicyclic) bond motifs is 1. The SMILES string of the molecule is CCSCC(C)Nc1cc(C(=O)O)c2ccccc2n1. The van der Waals surface area contributed by atoms with Gasteiger partial charge in [0.1, 0.15) is 5.82 Å². The number of nitrogens with one attached hydrogen (secondary N) is 1. The number of carboxylic acid groups (broad SMARTS) is 1. The zero-order valence-electron chi connectivity index (χ0n) is 11.6. The molecule has 2 aromatic rings. The van der Waals surface area contributed by atoms with Crippen LogP contribution >= 0.6 is 11.8 Å². The van der Waals surface area contributed by atoms with Gasteiger partial charge in [-0.05, 0) is 24.8 Å². The molecule has 1 heterocycles. The van der Waals surface area contributed by atoms with Crippen LogP contribution in [0.4, 0.5) is 5.82 Å². The van der Waals surface area contributed by atoms with Crippen molar-refractivity contribution in [2.75, 3.05) is 16.8 Å². The second-order valence-corrected chi connectivity index (χ2v) is 5.90. The molecule has 1 aromatic heterocycles. The van der Waals surface area contributed by atoms with E-state index in [1.807, 2.05) is 30.0 Å². The van der Waals surface area contributed by atoms with Crippen molar-refractivity contribution in [3.05, 3.63) is 35.9 Å². The average Bonchev–Trinajstić information content (AvgIpc) is 2.44. The molecule has 1 unspecified atom stereocenters. The molecule has 0 aliphatic heterocycles. The van der Waals surface area contributed by atoms with Gasteiger partial charge in [-0.2, -0.15) is 11.8 Å². The fourth-order valence-electron chi connectivity index (χ4n) is 2.02. The maximum atomic E-state index is 11.4. The highest BCUT2D eigenvalue weighted by molar-refractivity contribution is 7.99. The maximum Gasteiger partial charge on any atom is 0.336 e. The number of benzene rings is 1. The normalized spacial score (nSPS) is 12.3. The van der Waals surface area contributed by atoms with Crippen molar-refractivity contribution in [3.8, 4) is 0 Å². The van der Waals surface area contributed by atoms with Gasteiger partial charge < -0.3 is 10.4 Å². The third kappa shape index (κ3) is 3.42. The number of rotatable bonds is 6. The number of carbonyl (C=O) groups is 1. The van der Waals surface area contributed by atoms with E-state index in [1.165, 1.54) is 0 Å². The molecule has 0 radical (unpaired) electrons. The number of carboxylic acids is 1. The molecule has 4 nitrogen and oxygen atoms in total. The number of hydrogen-bond donors (Lipinski definition) is 2. The monoisotopic (exact) mass is 290 g/mol. The van der Waals surface area contributed by atoms with Gasteiger partial charge in [0.25, 0.3) is 0 Å². The molecule has 0 amide bonds. The molecule has 1 atom stereocenters. The standard InChI is InChI=1S/C15H18N2O2S/c1-3-20-9-10(2)16-14-8-12(15(18)19)11-6-4-5-7-13(11)17-14/h4-8,10H,3,9H2,1-2H3,(H,16,17)(H,18,19). The summed E-state index contributed by atoms with van der Waals surface area (Å²) in [6.07, 6.45) is 0. The summed E-state index contributed by atoms with van der Waals surface area (Å²) in [5.41, 5.74) is 0.985. The van der Waals surface area contributed by atoms with E-state index in [-0.39, 0.29) is 11.6 Å². The summed E-state index contributed by atoms with van der Waals surface area (Å²) in [6.45, 7) is 4.19. The summed E-state index contributed by atoms with van der Waals surface area (Å²) in [6, 6.07) is 9.16. The Balaban J connectivity index is 2.32. The Labute approximate surface area is 122 Å². The second kappa shape index (κ2) is 6.61. The van der Waals surface area contributed by atoms with Crippen molar-refractivity contribution in [2.45, 2.75) is 19.9 Å². The summed E-state index contributed by atoms with van der Waals surface area (Å²) in [5.74, 6) is 1.72. The first kappa shape index (κ1) is 14.7. The molecule has 2 rings (SSSR count). The highest BCUT2D eigenvalue weighted by atomic mass is 32.2. The van der Waals surface area contributed by atoms with Crippen LogP contribution in [0.5, 0.6) is 0 Å². The van der Waals surface area contributed by atoms with E-state index in [1.54, 1.807) is 12.1 Å². The molecule has 1 aromatic carbocycles. The summed E-state index contributed by atoms with van der Waals surface area (Å²) in [4.78, 5) is 15.8. The Kier molecular flexibility index (Phi) is 4.84. The Hall–Kier alpha value is -1.75. The van der Waals surface area contributed by atoms with Gasteiger partial charge in [0, 0.05) is 17.2 Å². The highest BCUT2D eigenvalue weighted by Crippen LogP contribution is 2.21. The molecule has 5 heteroatoms. The van der Waals surface area contributed by atoms with Gasteiger partial charge in [-0.25, -0.2) is 9.78 Å². The lowest BCUT2D eigenvalue weighted by Crippen LogP contribution is -2.19. The van der Waals surface area contributed by atoms with Gasteiger partial charge in [-0.15, -0.1) is 0 Å². The maximum absolute atomic E-state index is 11.4. The van der Waals surface area contributed by atoms with Gasteiger partial charge in [0.05, 0.1) is 11.1 Å². The third-order valence-electron chi connectivity index (χ3n) is 2.91. The number of aromatic carboxylic acids is 1. The van der Waals surface area contributed by atoms with E-state index in [2.05, 4.69) is 24.1 Å². The fraction of sp³-hybridized carbons (Fsp3) is 0.333. The van der Waals surface area contributed by atoms with Crippen molar-refractivity contribution >= 4 is 34.5 Å². The molecule has 2 N–H and O–H groups in total. The minimum absolute atomic E-state index is 0.246. The molecule has 0 aliphatic rings. The van der Waals surface area contributed by atoms with Crippen LogP contribution in [0.3, 0.4) is 0 Å². The van der Waals surface area contributed by atoms with Crippen molar-refractivity contribution < 1.29 is 9.90 Å². The number of thioether (sulfide) groups is 1. The number of pyridine rings is 1. The van der Waals surface area contributed by atoms with E-state index in [4.69, 9.17) is 0 Å². The van der Waals surface area contributed by atoms with Crippen LogP contribution < -0.4 is 5.32 Å². The van der Waals surface area contributed by atoms with E-state index >= 15 is 0 Å². The Morgan fingerprint density at radius 1 is 1.45 bits per heavy atom. The van der Waals surface area contributed by atoms with Crippen LogP contribution in [0.25, 0.3) is 10.9 Å². The quantitative estimate of drug-likeness (QED) is 0.852. The van der Waals surface area contributed by atoms with Crippen molar-refractivity contribution in [3.63, 3.8) is 0 Å². The van der Waals surface area contributed by atoms with Crippen LogP contribution in [0.2, 0.25) is 0 Å². The van der Waals surface area contributed by atoms with Gasteiger partial charge in [-0.1, -0.05) is 25.1 Å². The summed E-state index contributed by atoms with van der Waals surface area (Å²) in [5, 5.41) is 13.3. The fourth-order valence-corrected chi connectivity index (χ4v) is 2.69. The van der Waals surface area contributed by atoms with Crippen molar-refractivity contribution in [1.29, 1.82) is 0 Å². The first-order valence-corrected chi connectivity index (χ1v) is 7.74. The molecule has 0 bridgehead atoms. The molecule has 0 aliphatic carbocycles. The number of anilines is 1. The van der Waals surface area contributed by atoms with Crippen LogP contribution in [0.1, 0.15) is 24.2 Å². The van der Waals surface area contributed by atoms with E-state index in [0.717, 1.165) is 11.5 Å². The molecule has 0 saturated heterocycles. The molecule has 0 fully saturated rings. The average molecular weight is 290 g/mol. The van der Waals surface area contributed by atoms with Crippen molar-refractivity contribution in [2.24, 2.45) is 0 Å². The number of para-hydroxylation sites is 1. The highest BCUT2D eigenvalue weighted by Gasteiger charge is 2.12. The van der Waals surface area contributed by atoms with Gasteiger partial charge in [-0.3, -0.25) is 0 Å². The molecule has 0 saturated carbocycles. The first-order valence-electron chi connectivity index (χ1n) is 6.59. The van der Waals surface area contributed by atoms with Gasteiger partial charge in [0.15, 0.2) is 0 Å². The predicted octanol–water partition coefficient (Wildman–Crippen LogP) is 3.49. The zero-order chi connectivity index (χ0) is 14.5. The lowest BCUT2D eigenvalue weighted by Gasteiger charge is -2.15. The van der Waals surface area contributed by atoms with Crippen LogP contribution in [0, 0.1) is 0 Å². The number of aromatic nitrogens is 1. The lowest BCUT2D eigenvalue weighted by atomic mass is 10.1.